The number of nitrogens with one attached hydrogen (secondary N) is 2. The molecular formula is C24H44N4O4S2. The topological polar surface area (TPSA) is 104 Å². The Labute approximate surface area is 213 Å². The highest BCUT2D eigenvalue weighted by Crippen LogP contribution is 2.38. The van der Waals surface area contributed by atoms with Gasteiger partial charge in [0.25, 0.3) is 0 Å². The highest BCUT2D eigenvalue weighted by molar-refractivity contribution is 8.76. The molecule has 0 aliphatic carbocycles. The summed E-state index contributed by atoms with van der Waals surface area (Å²) in [7, 11) is 3.20. The molecule has 0 unspecified atom stereocenters. The standard InChI is InChI=1S/C24H44N4O4S2/c1-21(2)13-17(14-22(3,4)27(21)31)25-19(29)9-11-33-34-12-10-20(30)26-18-15-23(5,6)28(32)24(7,8)16-18/h17-18H,9-16H2,1-8H3,(H,25,29)(H,26,30). The first-order chi connectivity index (χ1) is 15.5. The fraction of sp³-hybridized carbons (Fsp3) is 0.917. The van der Waals surface area contributed by atoms with Gasteiger partial charge in [0.05, 0.1) is 0 Å². The Bertz CT molecular complexity index is 634. The predicted octanol–water partition coefficient (Wildman–Crippen LogP) is 4.11. The molecule has 34 heavy (non-hydrogen) atoms. The lowest BCUT2D eigenvalue weighted by Crippen LogP contribution is -2.62. The summed E-state index contributed by atoms with van der Waals surface area (Å²) >= 11 is 0. The molecule has 0 aromatic rings. The molecule has 2 aliphatic rings. The van der Waals surface area contributed by atoms with Gasteiger partial charge in [0, 0.05) is 58.6 Å². The molecule has 2 rings (SSSR count). The number of hydrogen-bond donors (Lipinski definition) is 2. The van der Waals surface area contributed by atoms with Crippen LogP contribution < -0.4 is 10.6 Å². The van der Waals surface area contributed by atoms with Crippen LogP contribution in [0.4, 0.5) is 0 Å². The summed E-state index contributed by atoms with van der Waals surface area (Å²) in [6, 6.07) is 0.0139. The maximum absolute atomic E-state index is 12.5. The van der Waals surface area contributed by atoms with Gasteiger partial charge in [-0.3, -0.25) is 9.59 Å². The van der Waals surface area contributed by atoms with E-state index in [2.05, 4.69) is 10.6 Å². The molecule has 0 saturated carbocycles. The van der Waals surface area contributed by atoms with Crippen LogP contribution in [-0.2, 0) is 20.0 Å². The van der Waals surface area contributed by atoms with Gasteiger partial charge in [-0.1, -0.05) is 21.6 Å². The lowest BCUT2D eigenvalue weighted by Gasteiger charge is -2.50. The zero-order valence-electron chi connectivity index (χ0n) is 22.2. The third-order valence-corrected chi connectivity index (χ3v) is 9.23. The molecule has 0 aromatic carbocycles. The molecule has 0 bridgehead atoms. The molecular weight excluding hydrogens is 472 g/mol. The second-order valence-corrected chi connectivity index (χ2v) is 15.0. The Hall–Kier alpha value is -0.520. The number of carbonyl (C=O) groups excluding carboxylic acids is 2. The largest absolute Gasteiger partial charge is 0.353 e. The van der Waals surface area contributed by atoms with Gasteiger partial charge in [0.2, 0.25) is 11.8 Å². The van der Waals surface area contributed by atoms with Gasteiger partial charge in [0.1, 0.15) is 0 Å². The molecule has 2 amide bonds. The minimum atomic E-state index is -0.498. The second-order valence-electron chi connectivity index (χ2n) is 12.3. The van der Waals surface area contributed by atoms with Gasteiger partial charge >= 0.3 is 0 Å². The van der Waals surface area contributed by atoms with Crippen molar-refractivity contribution in [2.45, 2.75) is 128 Å². The monoisotopic (exact) mass is 516 g/mol. The first-order valence-electron chi connectivity index (χ1n) is 12.2. The highest BCUT2D eigenvalue weighted by Gasteiger charge is 2.47. The van der Waals surface area contributed by atoms with Crippen LogP contribution in [0.3, 0.4) is 0 Å². The van der Waals surface area contributed by atoms with Crippen molar-refractivity contribution in [1.29, 1.82) is 0 Å². The summed E-state index contributed by atoms with van der Waals surface area (Å²) in [5.74, 6) is 1.37. The summed E-state index contributed by atoms with van der Waals surface area (Å²) in [6.45, 7) is 15.4. The number of nitrogens with zero attached hydrogens (tertiary/aromatic N) is 2. The molecule has 0 aromatic heterocycles. The lowest BCUT2D eigenvalue weighted by atomic mass is 9.79. The average molecular weight is 517 g/mol. The number of piperidine rings is 2. The number of carbonyl (C=O) groups is 2. The van der Waals surface area contributed by atoms with Crippen molar-refractivity contribution in [3.8, 4) is 0 Å². The fourth-order valence-electron chi connectivity index (χ4n) is 5.72. The summed E-state index contributed by atoms with van der Waals surface area (Å²) in [5, 5.41) is 33.5. The van der Waals surface area contributed by atoms with Crippen molar-refractivity contribution in [3.63, 3.8) is 0 Å². The van der Waals surface area contributed by atoms with Crippen LogP contribution in [0.25, 0.3) is 0 Å². The van der Waals surface area contributed by atoms with Gasteiger partial charge in [-0.25, -0.2) is 0 Å². The van der Waals surface area contributed by atoms with E-state index < -0.39 is 22.2 Å². The van der Waals surface area contributed by atoms with Crippen LogP contribution in [0.15, 0.2) is 0 Å². The van der Waals surface area contributed by atoms with E-state index in [0.717, 1.165) is 0 Å². The molecule has 2 heterocycles. The van der Waals surface area contributed by atoms with Gasteiger partial charge < -0.3 is 10.6 Å². The summed E-state index contributed by atoms with van der Waals surface area (Å²) in [5.41, 5.74) is -1.99. The van der Waals surface area contributed by atoms with Crippen LogP contribution in [-0.4, -0.2) is 67.7 Å². The summed E-state index contributed by atoms with van der Waals surface area (Å²) in [6.07, 6.45) is 3.41. The third-order valence-electron chi connectivity index (χ3n) is 6.82. The molecule has 8 nitrogen and oxygen atoms in total. The van der Waals surface area contributed by atoms with Crippen molar-refractivity contribution in [2.75, 3.05) is 11.5 Å². The zero-order valence-corrected chi connectivity index (χ0v) is 23.8. The Morgan fingerprint density at radius 1 is 0.647 bits per heavy atom. The second kappa shape index (κ2) is 11.3. The Balaban J connectivity index is 1.62. The van der Waals surface area contributed by atoms with Crippen LogP contribution in [0.1, 0.15) is 93.9 Å². The summed E-state index contributed by atoms with van der Waals surface area (Å²) in [4.78, 5) is 24.8. The highest BCUT2D eigenvalue weighted by atomic mass is 33.1. The van der Waals surface area contributed by atoms with E-state index in [4.69, 9.17) is 0 Å². The Morgan fingerprint density at radius 3 is 1.18 bits per heavy atom. The Kier molecular flexibility index (Phi) is 9.83. The fourth-order valence-corrected chi connectivity index (χ4v) is 7.70. The van der Waals surface area contributed by atoms with Crippen LogP contribution in [0.2, 0.25) is 0 Å². The van der Waals surface area contributed by atoms with Gasteiger partial charge in [-0.2, -0.15) is 0 Å². The first-order valence-corrected chi connectivity index (χ1v) is 14.7. The van der Waals surface area contributed by atoms with Crippen LogP contribution in [0, 0.1) is 0 Å². The van der Waals surface area contributed by atoms with E-state index in [1.165, 1.54) is 10.1 Å². The SMILES string of the molecule is CC1(C)CC(NC(=O)CCSSCCC(=O)NC2CC(C)(C)N([O])C(C)(C)C2)CC(C)(C)N1[O]. The number of rotatable bonds is 9. The molecule has 2 N–H and O–H groups in total. The molecule has 2 fully saturated rings. The van der Waals surface area contributed by atoms with Crippen LogP contribution >= 0.6 is 21.6 Å². The molecule has 0 spiro atoms. The normalized spacial score (nSPS) is 25.1. The van der Waals surface area contributed by atoms with E-state index in [9.17, 15) is 20.0 Å². The average Bonchev–Trinajstić information content (AvgIpc) is 2.66. The smallest absolute Gasteiger partial charge is 0.221 e. The van der Waals surface area contributed by atoms with E-state index >= 15 is 0 Å². The van der Waals surface area contributed by atoms with Crippen molar-refractivity contribution in [3.05, 3.63) is 0 Å². The van der Waals surface area contributed by atoms with Crippen molar-refractivity contribution in [2.24, 2.45) is 0 Å². The number of hydroxylamine groups is 4. The minimum absolute atomic E-state index is 0.00693. The van der Waals surface area contributed by atoms with Gasteiger partial charge in [0.15, 0.2) is 0 Å². The third kappa shape index (κ3) is 8.00. The Morgan fingerprint density at radius 2 is 0.912 bits per heavy atom. The maximum atomic E-state index is 12.5. The van der Waals surface area contributed by atoms with Crippen molar-refractivity contribution >= 4 is 33.4 Å². The van der Waals surface area contributed by atoms with E-state index in [1.54, 1.807) is 21.6 Å². The molecule has 10 heteroatoms. The molecule has 2 aliphatic heterocycles. The van der Waals surface area contributed by atoms with Crippen molar-refractivity contribution in [1.82, 2.24) is 20.8 Å². The maximum Gasteiger partial charge on any atom is 0.221 e. The molecule has 2 radical (unpaired) electrons. The molecule has 0 atom stereocenters. The molecule has 2 saturated heterocycles. The number of amides is 2. The van der Waals surface area contributed by atoms with Crippen LogP contribution in [0.5, 0.6) is 0 Å². The lowest BCUT2D eigenvalue weighted by molar-refractivity contribution is -0.290. The van der Waals surface area contributed by atoms with Gasteiger partial charge in [-0.05, 0) is 81.1 Å². The van der Waals surface area contributed by atoms with E-state index in [1.807, 2.05) is 55.4 Å². The first kappa shape index (κ1) is 29.7. The minimum Gasteiger partial charge on any atom is -0.353 e. The van der Waals surface area contributed by atoms with E-state index in [0.29, 0.717) is 50.0 Å². The van der Waals surface area contributed by atoms with Crippen molar-refractivity contribution < 1.29 is 20.0 Å². The van der Waals surface area contributed by atoms with Gasteiger partial charge in [-0.15, -0.1) is 20.5 Å². The number of hydrogen-bond acceptors (Lipinski definition) is 6. The van der Waals surface area contributed by atoms with E-state index in [-0.39, 0.29) is 23.9 Å². The summed E-state index contributed by atoms with van der Waals surface area (Å²) < 4.78 is 0. The quantitative estimate of drug-likeness (QED) is 0.353. The zero-order chi connectivity index (χ0) is 25.9. The molecule has 196 valence electrons. The predicted molar refractivity (Wildman–Crippen MR) is 138 cm³/mol.